The van der Waals surface area contributed by atoms with Crippen molar-refractivity contribution in [3.05, 3.63) is 53.3 Å². The lowest BCUT2D eigenvalue weighted by molar-refractivity contribution is -0.00939. The summed E-state index contributed by atoms with van der Waals surface area (Å²) in [6.07, 6.45) is 1.75. The van der Waals surface area contributed by atoms with E-state index in [0.29, 0.717) is 0 Å². The van der Waals surface area contributed by atoms with E-state index in [1.807, 2.05) is 44.3 Å². The molecule has 0 fully saturated rings. The van der Waals surface area contributed by atoms with Crippen LogP contribution in [0.5, 0.6) is 0 Å². The topological polar surface area (TPSA) is 47.3 Å². The molecule has 2 rings (SSSR count). The molecule has 0 amide bonds. The van der Waals surface area contributed by atoms with E-state index in [9.17, 15) is 5.11 Å². The van der Waals surface area contributed by atoms with Crippen LogP contribution >= 0.6 is 0 Å². The van der Waals surface area contributed by atoms with Gasteiger partial charge >= 0.3 is 0 Å². The van der Waals surface area contributed by atoms with Gasteiger partial charge in [-0.2, -0.15) is 5.10 Å². The molecule has 0 aliphatic rings. The zero-order valence-corrected chi connectivity index (χ0v) is 10.9. The molecule has 0 aliphatic carbocycles. The Balaban J connectivity index is 2.58. The van der Waals surface area contributed by atoms with Crippen LogP contribution in [-0.2, 0) is 17.4 Å². The quantitative estimate of drug-likeness (QED) is 0.891. The summed E-state index contributed by atoms with van der Waals surface area (Å²) in [5, 5.41) is 15.2. The maximum absolute atomic E-state index is 11.0. The van der Waals surface area contributed by atoms with Crippen LogP contribution in [0, 0.1) is 6.92 Å². The molecule has 1 heterocycles. The number of hydrogen-bond acceptors (Lipinski definition) is 3. The fourth-order valence-corrected chi connectivity index (χ4v) is 2.35. The highest BCUT2D eigenvalue weighted by Gasteiger charge is 2.35. The van der Waals surface area contributed by atoms with Crippen LogP contribution in [0.25, 0.3) is 0 Å². The number of aromatic nitrogens is 2. The molecule has 1 unspecified atom stereocenters. The van der Waals surface area contributed by atoms with Crippen molar-refractivity contribution >= 4 is 0 Å². The fourth-order valence-electron chi connectivity index (χ4n) is 2.35. The van der Waals surface area contributed by atoms with Crippen LogP contribution in [0.3, 0.4) is 0 Å². The Kier molecular flexibility index (Phi) is 3.50. The minimum atomic E-state index is -1.18. The van der Waals surface area contributed by atoms with Crippen LogP contribution in [0.2, 0.25) is 0 Å². The summed E-state index contributed by atoms with van der Waals surface area (Å²) in [4.78, 5) is 0. The van der Waals surface area contributed by atoms with Crippen molar-refractivity contribution in [2.45, 2.75) is 12.5 Å². The molecule has 1 aromatic heterocycles. The Morgan fingerprint density at radius 1 is 1.33 bits per heavy atom. The standard InChI is InChI=1S/C14H18N2O2/c1-11-9-15-16(2)13(11)14(17,10-18-3)12-7-5-4-6-8-12/h4-9,17H,10H2,1-3H3. The number of aryl methyl sites for hydroxylation is 2. The summed E-state index contributed by atoms with van der Waals surface area (Å²) in [5.74, 6) is 0. The molecule has 1 atom stereocenters. The highest BCUT2D eigenvalue weighted by Crippen LogP contribution is 2.31. The van der Waals surface area contributed by atoms with Gasteiger partial charge in [-0.3, -0.25) is 4.68 Å². The van der Waals surface area contributed by atoms with E-state index in [-0.39, 0.29) is 6.61 Å². The summed E-state index contributed by atoms with van der Waals surface area (Å²) in [6.45, 7) is 2.13. The SMILES string of the molecule is COCC(O)(c1ccccc1)c1c(C)cnn1C. The Labute approximate surface area is 107 Å². The first-order chi connectivity index (χ1) is 8.59. The van der Waals surface area contributed by atoms with Crippen LogP contribution in [0.4, 0.5) is 0 Å². The molecule has 0 aliphatic heterocycles. The fraction of sp³-hybridized carbons (Fsp3) is 0.357. The maximum Gasteiger partial charge on any atom is 0.154 e. The number of methoxy groups -OCH3 is 1. The molecular formula is C14H18N2O2. The number of rotatable bonds is 4. The minimum absolute atomic E-state index is 0.192. The second-order valence-electron chi connectivity index (χ2n) is 4.46. The molecule has 2 aromatic rings. The van der Waals surface area contributed by atoms with E-state index in [2.05, 4.69) is 5.10 Å². The smallest absolute Gasteiger partial charge is 0.154 e. The van der Waals surface area contributed by atoms with E-state index in [0.717, 1.165) is 16.8 Å². The highest BCUT2D eigenvalue weighted by atomic mass is 16.5. The van der Waals surface area contributed by atoms with Crippen molar-refractivity contribution in [1.82, 2.24) is 9.78 Å². The van der Waals surface area contributed by atoms with Gasteiger partial charge in [0.1, 0.15) is 0 Å². The molecule has 0 spiro atoms. The lowest BCUT2D eigenvalue weighted by atomic mass is 9.89. The first-order valence-electron chi connectivity index (χ1n) is 5.85. The Hall–Kier alpha value is -1.65. The normalized spacial score (nSPS) is 14.4. The first-order valence-corrected chi connectivity index (χ1v) is 5.85. The summed E-state index contributed by atoms with van der Waals surface area (Å²) in [6, 6.07) is 9.52. The van der Waals surface area contributed by atoms with Gasteiger partial charge in [0.15, 0.2) is 5.60 Å². The average molecular weight is 246 g/mol. The zero-order valence-electron chi connectivity index (χ0n) is 10.9. The molecule has 0 saturated carbocycles. The third-order valence-electron chi connectivity index (χ3n) is 3.12. The second-order valence-corrected chi connectivity index (χ2v) is 4.46. The third kappa shape index (κ3) is 2.05. The van der Waals surface area contributed by atoms with Crippen LogP contribution in [0.1, 0.15) is 16.8 Å². The van der Waals surface area contributed by atoms with E-state index in [1.165, 1.54) is 0 Å². The number of aliphatic hydroxyl groups is 1. The summed E-state index contributed by atoms with van der Waals surface area (Å²) in [7, 11) is 3.41. The molecule has 1 aromatic carbocycles. The van der Waals surface area contributed by atoms with Crippen LogP contribution < -0.4 is 0 Å². The van der Waals surface area contributed by atoms with Crippen molar-refractivity contribution < 1.29 is 9.84 Å². The van der Waals surface area contributed by atoms with Crippen molar-refractivity contribution in [2.24, 2.45) is 7.05 Å². The average Bonchev–Trinajstić information content (AvgIpc) is 2.71. The molecule has 0 radical (unpaired) electrons. The molecule has 1 N–H and O–H groups in total. The van der Waals surface area contributed by atoms with Gasteiger partial charge in [0.05, 0.1) is 18.5 Å². The van der Waals surface area contributed by atoms with Gasteiger partial charge in [0.2, 0.25) is 0 Å². The number of nitrogens with zero attached hydrogens (tertiary/aromatic N) is 2. The largest absolute Gasteiger partial charge is 0.381 e. The molecule has 96 valence electrons. The van der Waals surface area contributed by atoms with Crippen molar-refractivity contribution in [1.29, 1.82) is 0 Å². The molecule has 0 bridgehead atoms. The minimum Gasteiger partial charge on any atom is -0.381 e. The van der Waals surface area contributed by atoms with Gasteiger partial charge in [-0.15, -0.1) is 0 Å². The van der Waals surface area contributed by atoms with Gasteiger partial charge < -0.3 is 9.84 Å². The van der Waals surface area contributed by atoms with Gasteiger partial charge in [-0.25, -0.2) is 0 Å². The van der Waals surface area contributed by atoms with Crippen LogP contribution in [0.15, 0.2) is 36.5 Å². The second kappa shape index (κ2) is 4.92. The van der Waals surface area contributed by atoms with Crippen molar-refractivity contribution in [2.75, 3.05) is 13.7 Å². The van der Waals surface area contributed by atoms with E-state index in [1.54, 1.807) is 18.0 Å². The predicted octanol–water partition coefficient (Wildman–Crippen LogP) is 1.61. The van der Waals surface area contributed by atoms with E-state index >= 15 is 0 Å². The molecule has 0 saturated heterocycles. The predicted molar refractivity (Wildman–Crippen MR) is 69.3 cm³/mol. The summed E-state index contributed by atoms with van der Waals surface area (Å²) < 4.78 is 6.90. The molecular weight excluding hydrogens is 228 g/mol. The third-order valence-corrected chi connectivity index (χ3v) is 3.12. The zero-order chi connectivity index (χ0) is 13.2. The monoisotopic (exact) mass is 246 g/mol. The highest BCUT2D eigenvalue weighted by molar-refractivity contribution is 5.36. The summed E-state index contributed by atoms with van der Waals surface area (Å²) >= 11 is 0. The molecule has 4 nitrogen and oxygen atoms in total. The van der Waals surface area contributed by atoms with Crippen molar-refractivity contribution in [3.8, 4) is 0 Å². The summed E-state index contributed by atoms with van der Waals surface area (Å²) in [5.41, 5.74) is 1.33. The number of ether oxygens (including phenoxy) is 1. The van der Waals surface area contributed by atoms with Gasteiger partial charge in [0.25, 0.3) is 0 Å². The van der Waals surface area contributed by atoms with E-state index < -0.39 is 5.60 Å². The molecule has 18 heavy (non-hydrogen) atoms. The Morgan fingerprint density at radius 3 is 2.50 bits per heavy atom. The lowest BCUT2D eigenvalue weighted by Gasteiger charge is -2.29. The van der Waals surface area contributed by atoms with Crippen molar-refractivity contribution in [3.63, 3.8) is 0 Å². The van der Waals surface area contributed by atoms with Crippen LogP contribution in [-0.4, -0.2) is 28.6 Å². The first kappa shape index (κ1) is 12.8. The Morgan fingerprint density at radius 2 is 2.00 bits per heavy atom. The lowest BCUT2D eigenvalue weighted by Crippen LogP contribution is -2.35. The van der Waals surface area contributed by atoms with E-state index in [4.69, 9.17) is 4.74 Å². The van der Waals surface area contributed by atoms with Gasteiger partial charge in [0, 0.05) is 14.2 Å². The maximum atomic E-state index is 11.0. The molecule has 4 heteroatoms. The Bertz CT molecular complexity index is 502. The number of hydrogen-bond donors (Lipinski definition) is 1. The number of benzene rings is 1. The van der Waals surface area contributed by atoms with Gasteiger partial charge in [-0.1, -0.05) is 30.3 Å². The van der Waals surface area contributed by atoms with Gasteiger partial charge in [-0.05, 0) is 18.1 Å².